The van der Waals surface area contributed by atoms with Crippen LogP contribution in [0.25, 0.3) is 0 Å². The lowest BCUT2D eigenvalue weighted by Crippen LogP contribution is -2.50. The first-order valence-corrected chi connectivity index (χ1v) is 9.33. The highest BCUT2D eigenvalue weighted by molar-refractivity contribution is 7.13. The average molecular weight is 394 g/mol. The molecule has 26 heavy (non-hydrogen) atoms. The lowest BCUT2D eigenvalue weighted by Gasteiger charge is -2.34. The van der Waals surface area contributed by atoms with E-state index < -0.39 is 0 Å². The fourth-order valence-electron chi connectivity index (χ4n) is 3.03. The van der Waals surface area contributed by atoms with Gasteiger partial charge in [0.2, 0.25) is 5.91 Å². The summed E-state index contributed by atoms with van der Waals surface area (Å²) >= 11 is 1.52. The minimum Gasteiger partial charge on any atom is -0.399 e. The minimum atomic E-state index is 0. The number of hydrogen-bond donors (Lipinski definition) is 1. The summed E-state index contributed by atoms with van der Waals surface area (Å²) < 4.78 is 0. The third kappa shape index (κ3) is 4.77. The summed E-state index contributed by atoms with van der Waals surface area (Å²) in [6.07, 6.45) is 1.10. The molecule has 2 aromatic rings. The van der Waals surface area contributed by atoms with Gasteiger partial charge in [-0.1, -0.05) is 18.2 Å². The Hall–Kier alpha value is -2.05. The van der Waals surface area contributed by atoms with Crippen LogP contribution in [-0.2, 0) is 11.2 Å². The zero-order valence-electron chi connectivity index (χ0n) is 14.8. The maximum absolute atomic E-state index is 12.5. The van der Waals surface area contributed by atoms with Crippen molar-refractivity contribution >= 4 is 41.2 Å². The quantitative estimate of drug-likeness (QED) is 0.812. The maximum Gasteiger partial charge on any atom is 0.264 e. The molecule has 5 nitrogen and oxygen atoms in total. The molecule has 2 heterocycles. The van der Waals surface area contributed by atoms with Gasteiger partial charge in [-0.25, -0.2) is 0 Å². The SMILES string of the molecule is Cc1ccc(C(=O)N2CCN(C(=O)CCc3ccccc3N)CC2)s1.Cl. The van der Waals surface area contributed by atoms with Crippen molar-refractivity contribution in [2.75, 3.05) is 31.9 Å². The van der Waals surface area contributed by atoms with Crippen molar-refractivity contribution in [2.45, 2.75) is 19.8 Å². The third-order valence-electron chi connectivity index (χ3n) is 4.53. The van der Waals surface area contributed by atoms with E-state index in [1.807, 2.05) is 53.1 Å². The first-order valence-electron chi connectivity index (χ1n) is 8.51. The molecule has 7 heteroatoms. The number of halogens is 1. The molecule has 1 fully saturated rings. The van der Waals surface area contributed by atoms with E-state index in [-0.39, 0.29) is 24.2 Å². The van der Waals surface area contributed by atoms with Gasteiger partial charge in [-0.3, -0.25) is 9.59 Å². The zero-order valence-corrected chi connectivity index (χ0v) is 16.4. The fraction of sp³-hybridized carbons (Fsp3) is 0.368. The van der Waals surface area contributed by atoms with Crippen LogP contribution in [0, 0.1) is 6.92 Å². The number of amides is 2. The molecule has 0 aliphatic carbocycles. The normalized spacial score (nSPS) is 14.0. The molecule has 0 unspecified atom stereocenters. The van der Waals surface area contributed by atoms with E-state index in [2.05, 4.69) is 0 Å². The molecule has 0 radical (unpaired) electrons. The van der Waals surface area contributed by atoms with Crippen LogP contribution in [0.1, 0.15) is 26.5 Å². The van der Waals surface area contributed by atoms with Gasteiger partial charge in [0.1, 0.15) is 0 Å². The van der Waals surface area contributed by atoms with Gasteiger partial charge in [0.05, 0.1) is 4.88 Å². The second-order valence-corrected chi connectivity index (χ2v) is 7.57. The van der Waals surface area contributed by atoms with E-state index in [0.717, 1.165) is 21.0 Å². The summed E-state index contributed by atoms with van der Waals surface area (Å²) in [7, 11) is 0. The topological polar surface area (TPSA) is 66.6 Å². The molecule has 1 aliphatic heterocycles. The molecule has 0 spiro atoms. The summed E-state index contributed by atoms with van der Waals surface area (Å²) in [5.41, 5.74) is 7.67. The summed E-state index contributed by atoms with van der Waals surface area (Å²) in [6.45, 7) is 4.37. The predicted molar refractivity (Wildman–Crippen MR) is 108 cm³/mol. The number of anilines is 1. The summed E-state index contributed by atoms with van der Waals surface area (Å²) in [4.78, 5) is 30.5. The van der Waals surface area contributed by atoms with Crippen molar-refractivity contribution in [3.05, 3.63) is 51.7 Å². The molecule has 1 saturated heterocycles. The van der Waals surface area contributed by atoms with Crippen LogP contribution < -0.4 is 5.73 Å². The van der Waals surface area contributed by atoms with Crippen molar-refractivity contribution in [1.29, 1.82) is 0 Å². The monoisotopic (exact) mass is 393 g/mol. The van der Waals surface area contributed by atoms with Crippen LogP contribution in [0.2, 0.25) is 0 Å². The highest BCUT2D eigenvalue weighted by Crippen LogP contribution is 2.19. The highest BCUT2D eigenvalue weighted by Gasteiger charge is 2.25. The second-order valence-electron chi connectivity index (χ2n) is 6.28. The number of thiophene rings is 1. The highest BCUT2D eigenvalue weighted by atomic mass is 35.5. The van der Waals surface area contributed by atoms with Crippen molar-refractivity contribution in [1.82, 2.24) is 9.80 Å². The Kier molecular flexibility index (Phi) is 7.06. The third-order valence-corrected chi connectivity index (χ3v) is 5.52. The van der Waals surface area contributed by atoms with Gasteiger partial charge in [-0.15, -0.1) is 23.7 Å². The minimum absolute atomic E-state index is 0. The Labute approximate surface area is 164 Å². The van der Waals surface area contributed by atoms with Crippen LogP contribution in [0.4, 0.5) is 5.69 Å². The molecule has 0 atom stereocenters. The Morgan fingerprint density at radius 1 is 1.04 bits per heavy atom. The second kappa shape index (κ2) is 9.05. The van der Waals surface area contributed by atoms with Crippen molar-refractivity contribution < 1.29 is 9.59 Å². The van der Waals surface area contributed by atoms with E-state index in [0.29, 0.717) is 39.0 Å². The summed E-state index contributed by atoms with van der Waals surface area (Å²) in [5.74, 6) is 0.199. The van der Waals surface area contributed by atoms with Crippen molar-refractivity contribution in [3.63, 3.8) is 0 Å². The number of carbonyl (C=O) groups excluding carboxylic acids is 2. The predicted octanol–water partition coefficient (Wildman–Crippen LogP) is 2.98. The maximum atomic E-state index is 12.5. The Balaban J connectivity index is 0.00000243. The average Bonchev–Trinajstić information content (AvgIpc) is 3.07. The number of nitrogens with two attached hydrogens (primary N) is 1. The number of aryl methyl sites for hydroxylation is 2. The number of para-hydroxylation sites is 1. The summed E-state index contributed by atoms with van der Waals surface area (Å²) in [5, 5.41) is 0. The van der Waals surface area contributed by atoms with Gasteiger partial charge >= 0.3 is 0 Å². The number of benzene rings is 1. The van der Waals surface area contributed by atoms with Gasteiger partial charge in [0, 0.05) is 43.2 Å². The molecule has 140 valence electrons. The van der Waals surface area contributed by atoms with Gasteiger partial charge in [0.15, 0.2) is 0 Å². The van der Waals surface area contributed by atoms with E-state index >= 15 is 0 Å². The van der Waals surface area contributed by atoms with Crippen LogP contribution in [0.3, 0.4) is 0 Å². The summed E-state index contributed by atoms with van der Waals surface area (Å²) in [6, 6.07) is 11.5. The van der Waals surface area contributed by atoms with Crippen molar-refractivity contribution in [2.24, 2.45) is 0 Å². The van der Waals surface area contributed by atoms with Gasteiger partial charge < -0.3 is 15.5 Å². The molecule has 1 aliphatic rings. The Morgan fingerprint density at radius 2 is 1.69 bits per heavy atom. The zero-order chi connectivity index (χ0) is 17.8. The molecule has 0 saturated carbocycles. The largest absolute Gasteiger partial charge is 0.399 e. The van der Waals surface area contributed by atoms with Crippen molar-refractivity contribution in [3.8, 4) is 0 Å². The fourth-order valence-corrected chi connectivity index (χ4v) is 3.86. The molecule has 0 bridgehead atoms. The number of hydrogen-bond acceptors (Lipinski definition) is 4. The lowest BCUT2D eigenvalue weighted by molar-refractivity contribution is -0.132. The molecule has 3 rings (SSSR count). The number of nitrogen functional groups attached to an aromatic ring is 1. The smallest absolute Gasteiger partial charge is 0.264 e. The van der Waals surface area contributed by atoms with Crippen LogP contribution in [-0.4, -0.2) is 47.8 Å². The number of piperazine rings is 1. The van der Waals surface area contributed by atoms with Gasteiger partial charge in [0.25, 0.3) is 5.91 Å². The Morgan fingerprint density at radius 3 is 2.31 bits per heavy atom. The number of carbonyl (C=O) groups is 2. The van der Waals surface area contributed by atoms with Crippen LogP contribution in [0.5, 0.6) is 0 Å². The molecule has 1 aromatic heterocycles. The first kappa shape index (κ1) is 20.3. The van der Waals surface area contributed by atoms with Crippen LogP contribution in [0.15, 0.2) is 36.4 Å². The van der Waals surface area contributed by atoms with Gasteiger partial charge in [-0.2, -0.15) is 0 Å². The van der Waals surface area contributed by atoms with Gasteiger partial charge in [-0.05, 0) is 37.1 Å². The molecular formula is C19H24ClN3O2S. The number of nitrogens with zero attached hydrogens (tertiary/aromatic N) is 2. The molecular weight excluding hydrogens is 370 g/mol. The Bertz CT molecular complexity index is 770. The lowest BCUT2D eigenvalue weighted by atomic mass is 10.1. The molecule has 2 amide bonds. The van der Waals surface area contributed by atoms with E-state index in [1.165, 1.54) is 11.3 Å². The van der Waals surface area contributed by atoms with E-state index in [9.17, 15) is 9.59 Å². The van der Waals surface area contributed by atoms with E-state index in [4.69, 9.17) is 5.73 Å². The number of rotatable bonds is 4. The first-order chi connectivity index (χ1) is 12.0. The molecule has 1 aromatic carbocycles. The van der Waals surface area contributed by atoms with E-state index in [1.54, 1.807) is 0 Å². The van der Waals surface area contributed by atoms with Crippen LogP contribution >= 0.6 is 23.7 Å². The molecule has 2 N–H and O–H groups in total. The standard InChI is InChI=1S/C19H23N3O2S.ClH/c1-14-6-8-17(25-14)19(24)22-12-10-21(11-13-22)18(23)9-7-15-4-2-3-5-16(15)20;/h2-6,8H,7,9-13,20H2,1H3;1H.